The second-order valence-corrected chi connectivity index (χ2v) is 8.42. The fourth-order valence-electron chi connectivity index (χ4n) is 2.96. The average molecular weight is 405 g/mol. The van der Waals surface area contributed by atoms with Gasteiger partial charge in [-0.2, -0.15) is 4.31 Å². The van der Waals surface area contributed by atoms with Crippen LogP contribution in [0.2, 0.25) is 0 Å². The van der Waals surface area contributed by atoms with E-state index < -0.39 is 15.9 Å². The first-order valence-corrected chi connectivity index (χ1v) is 10.4. The molecule has 1 aromatic heterocycles. The summed E-state index contributed by atoms with van der Waals surface area (Å²) in [4.78, 5) is 15.1. The van der Waals surface area contributed by atoms with E-state index in [1.165, 1.54) is 28.6 Å². The highest BCUT2D eigenvalue weighted by Gasteiger charge is 2.30. The summed E-state index contributed by atoms with van der Waals surface area (Å²) < 4.78 is 38.3. The number of hydrogen-bond acceptors (Lipinski definition) is 6. The minimum Gasteiger partial charge on any atom is -0.484 e. The summed E-state index contributed by atoms with van der Waals surface area (Å²) in [6, 6.07) is 11.5. The maximum Gasteiger partial charge on any atom is 0.255 e. The normalized spacial score (nSPS) is 17.9. The van der Waals surface area contributed by atoms with E-state index in [1.54, 1.807) is 6.20 Å². The summed E-state index contributed by atoms with van der Waals surface area (Å²) in [6.07, 6.45) is 3.06. The number of carbonyl (C=O) groups excluding carboxylic acids is 1. The summed E-state index contributed by atoms with van der Waals surface area (Å²) in [6.45, 7) is 0.847. The second-order valence-electron chi connectivity index (χ2n) is 6.49. The monoisotopic (exact) mass is 405 g/mol. The molecule has 1 fully saturated rings. The van der Waals surface area contributed by atoms with E-state index in [0.29, 0.717) is 25.4 Å². The van der Waals surface area contributed by atoms with Crippen molar-refractivity contribution in [3.63, 3.8) is 0 Å². The lowest BCUT2D eigenvalue weighted by Crippen LogP contribution is -2.43. The van der Waals surface area contributed by atoms with Crippen LogP contribution in [-0.2, 0) is 26.2 Å². The van der Waals surface area contributed by atoms with E-state index in [9.17, 15) is 13.2 Å². The number of amides is 1. The lowest BCUT2D eigenvalue weighted by atomic mass is 10.1. The Hall–Kier alpha value is -2.49. The fraction of sp³-hybridized carbons (Fsp3) is 0.368. The van der Waals surface area contributed by atoms with Crippen molar-refractivity contribution >= 4 is 15.9 Å². The first kappa shape index (κ1) is 20.2. The first-order chi connectivity index (χ1) is 13.4. The van der Waals surface area contributed by atoms with Crippen LogP contribution in [0.25, 0.3) is 0 Å². The molecule has 1 atom stereocenters. The van der Waals surface area contributed by atoms with Crippen molar-refractivity contribution < 1.29 is 22.7 Å². The molecule has 8 nitrogen and oxygen atoms in total. The van der Waals surface area contributed by atoms with Crippen molar-refractivity contribution in [2.24, 2.45) is 5.73 Å². The lowest BCUT2D eigenvalue weighted by Gasteiger charge is -2.31. The summed E-state index contributed by atoms with van der Waals surface area (Å²) in [5.74, 6) is -0.213. The third-order valence-corrected chi connectivity index (χ3v) is 6.26. The molecule has 1 aromatic carbocycles. The quantitative estimate of drug-likeness (QED) is 0.709. The Balaban J connectivity index is 1.61. The molecule has 1 unspecified atom stereocenters. The van der Waals surface area contributed by atoms with Gasteiger partial charge in [-0.1, -0.05) is 6.07 Å². The van der Waals surface area contributed by atoms with Crippen molar-refractivity contribution in [3.05, 3.63) is 54.4 Å². The van der Waals surface area contributed by atoms with Gasteiger partial charge in [-0.05, 0) is 49.2 Å². The van der Waals surface area contributed by atoms with E-state index in [2.05, 4.69) is 4.98 Å². The predicted molar refractivity (Wildman–Crippen MR) is 102 cm³/mol. The standard InChI is InChI=1S/C19H23N3O5S/c20-19(23)14-27-16-6-8-18(9-7-16)28(24,25)22-11-3-5-17(12-22)26-13-15-4-1-2-10-21-15/h1-2,4,6-10,17H,3,5,11-14H2,(H2,20,23). The average Bonchev–Trinajstić information content (AvgIpc) is 2.72. The molecule has 0 spiro atoms. The van der Waals surface area contributed by atoms with Crippen LogP contribution >= 0.6 is 0 Å². The van der Waals surface area contributed by atoms with Gasteiger partial charge in [0, 0.05) is 19.3 Å². The molecular formula is C19H23N3O5S. The van der Waals surface area contributed by atoms with Crippen molar-refractivity contribution in [2.45, 2.75) is 30.4 Å². The minimum absolute atomic E-state index is 0.171. The number of sulfonamides is 1. The third-order valence-electron chi connectivity index (χ3n) is 4.38. The zero-order chi connectivity index (χ0) is 20.0. The zero-order valence-electron chi connectivity index (χ0n) is 15.4. The maximum atomic E-state index is 12.9. The smallest absolute Gasteiger partial charge is 0.255 e. The molecule has 0 radical (unpaired) electrons. The van der Waals surface area contributed by atoms with Crippen molar-refractivity contribution in [3.8, 4) is 5.75 Å². The molecule has 1 amide bonds. The van der Waals surface area contributed by atoms with E-state index in [0.717, 1.165) is 18.5 Å². The van der Waals surface area contributed by atoms with Crippen LogP contribution in [0.3, 0.4) is 0 Å². The van der Waals surface area contributed by atoms with Gasteiger partial charge in [-0.25, -0.2) is 8.42 Å². The number of primary amides is 1. The molecular weight excluding hydrogens is 382 g/mol. The first-order valence-electron chi connectivity index (χ1n) is 8.98. The van der Waals surface area contributed by atoms with Gasteiger partial charge in [0.25, 0.3) is 5.91 Å². The van der Waals surface area contributed by atoms with Crippen LogP contribution in [0.5, 0.6) is 5.75 Å². The molecule has 1 aliphatic heterocycles. The SMILES string of the molecule is NC(=O)COc1ccc(S(=O)(=O)N2CCCC(OCc3ccccn3)C2)cc1. The second kappa shape index (κ2) is 9.13. The minimum atomic E-state index is -3.64. The van der Waals surface area contributed by atoms with Crippen molar-refractivity contribution in [1.82, 2.24) is 9.29 Å². The Kier molecular flexibility index (Phi) is 6.61. The van der Waals surface area contributed by atoms with Crippen LogP contribution < -0.4 is 10.5 Å². The number of hydrogen-bond donors (Lipinski definition) is 1. The van der Waals surface area contributed by atoms with Gasteiger partial charge in [0.1, 0.15) is 5.75 Å². The van der Waals surface area contributed by atoms with Crippen LogP contribution in [0.1, 0.15) is 18.5 Å². The number of aromatic nitrogens is 1. The molecule has 0 bridgehead atoms. The van der Waals surface area contributed by atoms with Crippen molar-refractivity contribution in [1.29, 1.82) is 0 Å². The van der Waals surface area contributed by atoms with Gasteiger partial charge in [-0.15, -0.1) is 0 Å². The van der Waals surface area contributed by atoms with Crippen LogP contribution in [0, 0.1) is 0 Å². The number of pyridine rings is 1. The van der Waals surface area contributed by atoms with Gasteiger partial charge in [0.15, 0.2) is 6.61 Å². The summed E-state index contributed by atoms with van der Waals surface area (Å²) >= 11 is 0. The molecule has 0 saturated carbocycles. The van der Waals surface area contributed by atoms with Gasteiger partial charge >= 0.3 is 0 Å². The molecule has 1 aliphatic rings. The highest BCUT2D eigenvalue weighted by Crippen LogP contribution is 2.24. The molecule has 1 saturated heterocycles. The van der Waals surface area contributed by atoms with Gasteiger partial charge < -0.3 is 15.2 Å². The topological polar surface area (TPSA) is 112 Å². The Morgan fingerprint density at radius 1 is 1.21 bits per heavy atom. The number of nitrogens with zero attached hydrogens (tertiary/aromatic N) is 2. The Morgan fingerprint density at radius 2 is 2.00 bits per heavy atom. The summed E-state index contributed by atoms with van der Waals surface area (Å²) in [5, 5.41) is 0. The molecule has 9 heteroatoms. The molecule has 28 heavy (non-hydrogen) atoms. The van der Waals surface area contributed by atoms with Crippen molar-refractivity contribution in [2.75, 3.05) is 19.7 Å². The van der Waals surface area contributed by atoms with E-state index in [4.69, 9.17) is 15.2 Å². The molecule has 2 aromatic rings. The number of piperidine rings is 1. The number of ether oxygens (including phenoxy) is 2. The molecule has 150 valence electrons. The number of benzene rings is 1. The Morgan fingerprint density at radius 3 is 2.68 bits per heavy atom. The highest BCUT2D eigenvalue weighted by atomic mass is 32.2. The van der Waals surface area contributed by atoms with E-state index in [-0.39, 0.29) is 17.6 Å². The largest absolute Gasteiger partial charge is 0.484 e. The molecule has 2 N–H and O–H groups in total. The van der Waals surface area contributed by atoms with Crippen LogP contribution in [0.4, 0.5) is 0 Å². The Bertz CT molecular complexity index is 888. The summed E-state index contributed by atoms with van der Waals surface area (Å²) in [5.41, 5.74) is 5.84. The Labute approximate surface area is 164 Å². The molecule has 3 rings (SSSR count). The number of rotatable bonds is 8. The van der Waals surface area contributed by atoms with E-state index >= 15 is 0 Å². The van der Waals surface area contributed by atoms with Crippen LogP contribution in [0.15, 0.2) is 53.6 Å². The van der Waals surface area contributed by atoms with Gasteiger partial charge in [-0.3, -0.25) is 9.78 Å². The van der Waals surface area contributed by atoms with Gasteiger partial charge in [0.05, 0.1) is 23.3 Å². The van der Waals surface area contributed by atoms with Gasteiger partial charge in [0.2, 0.25) is 10.0 Å². The zero-order valence-corrected chi connectivity index (χ0v) is 16.2. The lowest BCUT2D eigenvalue weighted by molar-refractivity contribution is -0.119. The predicted octanol–water partition coefficient (Wildman–Crippen LogP) is 1.32. The molecule has 2 heterocycles. The van der Waals surface area contributed by atoms with E-state index in [1.807, 2.05) is 18.2 Å². The summed E-state index contributed by atoms with van der Waals surface area (Å²) in [7, 11) is -3.64. The maximum absolute atomic E-state index is 12.9. The number of carbonyl (C=O) groups is 1. The molecule has 0 aliphatic carbocycles. The third kappa shape index (κ3) is 5.28. The van der Waals surface area contributed by atoms with Crippen LogP contribution in [-0.4, -0.2) is 49.4 Å². The fourth-order valence-corrected chi connectivity index (χ4v) is 4.47. The highest BCUT2D eigenvalue weighted by molar-refractivity contribution is 7.89. The number of nitrogens with two attached hydrogens (primary N) is 1.